The normalized spacial score (nSPS) is 10.9. The van der Waals surface area contributed by atoms with Crippen LogP contribution in [-0.2, 0) is 6.54 Å². The molecule has 2 aromatic heterocycles. The van der Waals surface area contributed by atoms with Gasteiger partial charge in [0.25, 0.3) is 0 Å². The van der Waals surface area contributed by atoms with E-state index < -0.39 is 0 Å². The molecule has 0 radical (unpaired) electrons. The van der Waals surface area contributed by atoms with Crippen molar-refractivity contribution < 1.29 is 0 Å². The molecule has 0 unspecified atom stereocenters. The third-order valence-corrected chi connectivity index (χ3v) is 2.90. The van der Waals surface area contributed by atoms with Gasteiger partial charge in [0.15, 0.2) is 0 Å². The van der Waals surface area contributed by atoms with Crippen molar-refractivity contribution in [2.75, 3.05) is 5.32 Å². The van der Waals surface area contributed by atoms with Crippen LogP contribution in [-0.4, -0.2) is 19.7 Å². The molecule has 2 heterocycles. The lowest BCUT2D eigenvalue weighted by Crippen LogP contribution is -2.06. The van der Waals surface area contributed by atoms with Crippen LogP contribution in [0.1, 0.15) is 37.0 Å². The van der Waals surface area contributed by atoms with Crippen LogP contribution in [0.4, 0.5) is 5.69 Å². The van der Waals surface area contributed by atoms with Crippen molar-refractivity contribution >= 4 is 5.69 Å². The number of nitrogens with one attached hydrogen (secondary N) is 1. The van der Waals surface area contributed by atoms with Crippen LogP contribution in [0.2, 0.25) is 0 Å². The molecule has 0 fully saturated rings. The highest BCUT2D eigenvalue weighted by Gasteiger charge is 2.12. The van der Waals surface area contributed by atoms with E-state index in [0.29, 0.717) is 12.6 Å². The van der Waals surface area contributed by atoms with Gasteiger partial charge in [-0.05, 0) is 33.8 Å². The Hall–Kier alpha value is -1.91. The average Bonchev–Trinajstić information content (AvgIpc) is 2.64. The number of aryl methyl sites for hydroxylation is 1. The molecular formula is C13H19N5. The molecular weight excluding hydrogens is 226 g/mol. The van der Waals surface area contributed by atoms with Crippen molar-refractivity contribution in [2.45, 2.75) is 40.3 Å². The smallest absolute Gasteiger partial charge is 0.115 e. The Morgan fingerprint density at radius 3 is 2.67 bits per heavy atom. The molecule has 2 rings (SSSR count). The maximum absolute atomic E-state index is 4.54. The minimum Gasteiger partial charge on any atom is -0.376 e. The van der Waals surface area contributed by atoms with Gasteiger partial charge in [-0.2, -0.15) is 5.10 Å². The predicted molar refractivity (Wildman–Crippen MR) is 71.4 cm³/mol. The van der Waals surface area contributed by atoms with E-state index in [-0.39, 0.29) is 0 Å². The fourth-order valence-corrected chi connectivity index (χ4v) is 2.02. The first kappa shape index (κ1) is 12.5. The molecule has 2 aromatic rings. The zero-order valence-corrected chi connectivity index (χ0v) is 11.3. The van der Waals surface area contributed by atoms with Gasteiger partial charge in [0.1, 0.15) is 6.33 Å². The molecule has 0 aliphatic rings. The summed E-state index contributed by atoms with van der Waals surface area (Å²) < 4.78 is 2.04. The number of rotatable bonds is 4. The van der Waals surface area contributed by atoms with Crippen molar-refractivity contribution in [2.24, 2.45) is 0 Å². The highest BCUT2D eigenvalue weighted by molar-refractivity contribution is 5.52. The van der Waals surface area contributed by atoms with Crippen LogP contribution < -0.4 is 5.32 Å². The van der Waals surface area contributed by atoms with Crippen molar-refractivity contribution in [3.8, 4) is 0 Å². The Balaban J connectivity index is 2.15. The van der Waals surface area contributed by atoms with Crippen molar-refractivity contribution in [1.29, 1.82) is 0 Å². The fraction of sp³-hybridized carbons (Fsp3) is 0.462. The van der Waals surface area contributed by atoms with Crippen LogP contribution in [0.25, 0.3) is 0 Å². The lowest BCUT2D eigenvalue weighted by molar-refractivity contribution is 0.516. The first-order valence-corrected chi connectivity index (χ1v) is 6.14. The van der Waals surface area contributed by atoms with Gasteiger partial charge in [0.2, 0.25) is 0 Å². The first-order chi connectivity index (χ1) is 8.59. The lowest BCUT2D eigenvalue weighted by Gasteiger charge is -2.09. The summed E-state index contributed by atoms with van der Waals surface area (Å²) in [6.07, 6.45) is 3.32. The van der Waals surface area contributed by atoms with Crippen molar-refractivity contribution in [3.05, 3.63) is 35.7 Å². The molecule has 0 atom stereocenters. The van der Waals surface area contributed by atoms with E-state index in [1.807, 2.05) is 17.7 Å². The van der Waals surface area contributed by atoms with E-state index in [4.69, 9.17) is 0 Å². The second-order valence-corrected chi connectivity index (χ2v) is 4.64. The molecule has 0 bridgehead atoms. The number of nitrogens with zero attached hydrogens (tertiary/aromatic N) is 4. The van der Waals surface area contributed by atoms with E-state index in [1.54, 1.807) is 12.5 Å². The molecule has 0 spiro atoms. The van der Waals surface area contributed by atoms with Gasteiger partial charge >= 0.3 is 0 Å². The lowest BCUT2D eigenvalue weighted by atomic mass is 10.3. The summed E-state index contributed by atoms with van der Waals surface area (Å²) in [5, 5.41) is 7.94. The quantitative estimate of drug-likeness (QED) is 0.899. The van der Waals surface area contributed by atoms with Crippen LogP contribution in [0, 0.1) is 13.8 Å². The van der Waals surface area contributed by atoms with E-state index in [2.05, 4.69) is 41.2 Å². The summed E-state index contributed by atoms with van der Waals surface area (Å²) in [6, 6.07) is 2.28. The monoisotopic (exact) mass is 245 g/mol. The summed E-state index contributed by atoms with van der Waals surface area (Å²) in [5.41, 5.74) is 4.26. The number of hydrogen-bond acceptors (Lipinski definition) is 4. The fourth-order valence-electron chi connectivity index (χ4n) is 2.02. The summed E-state index contributed by atoms with van der Waals surface area (Å²) in [4.78, 5) is 8.10. The Morgan fingerprint density at radius 1 is 1.33 bits per heavy atom. The van der Waals surface area contributed by atoms with Crippen LogP contribution >= 0.6 is 0 Å². The Morgan fingerprint density at radius 2 is 2.11 bits per heavy atom. The molecule has 5 nitrogen and oxygen atoms in total. The van der Waals surface area contributed by atoms with Crippen molar-refractivity contribution in [3.63, 3.8) is 0 Å². The Kier molecular flexibility index (Phi) is 3.60. The zero-order valence-electron chi connectivity index (χ0n) is 11.3. The van der Waals surface area contributed by atoms with Gasteiger partial charge in [0, 0.05) is 12.2 Å². The molecule has 0 aliphatic heterocycles. The topological polar surface area (TPSA) is 55.6 Å². The summed E-state index contributed by atoms with van der Waals surface area (Å²) in [6.45, 7) is 9.06. The van der Waals surface area contributed by atoms with Gasteiger partial charge in [-0.3, -0.25) is 4.68 Å². The van der Waals surface area contributed by atoms with Gasteiger partial charge in [-0.1, -0.05) is 0 Å². The SMILES string of the molecule is Cc1nn(C(C)C)c(C)c1NCc1ccncn1. The maximum atomic E-state index is 4.54. The maximum Gasteiger partial charge on any atom is 0.115 e. The molecule has 1 N–H and O–H groups in total. The second kappa shape index (κ2) is 5.16. The highest BCUT2D eigenvalue weighted by Crippen LogP contribution is 2.22. The van der Waals surface area contributed by atoms with Crippen molar-refractivity contribution in [1.82, 2.24) is 19.7 Å². The van der Waals surface area contributed by atoms with E-state index >= 15 is 0 Å². The van der Waals surface area contributed by atoms with E-state index in [9.17, 15) is 0 Å². The predicted octanol–water partition coefficient (Wildman–Crippen LogP) is 2.48. The van der Waals surface area contributed by atoms with E-state index in [0.717, 1.165) is 22.8 Å². The third kappa shape index (κ3) is 2.50. The van der Waals surface area contributed by atoms with Gasteiger partial charge < -0.3 is 5.32 Å². The molecule has 0 aromatic carbocycles. The van der Waals surface area contributed by atoms with Crippen LogP contribution in [0.15, 0.2) is 18.6 Å². The molecule has 0 saturated heterocycles. The second-order valence-electron chi connectivity index (χ2n) is 4.64. The van der Waals surface area contributed by atoms with Crippen LogP contribution in [0.5, 0.6) is 0 Å². The highest BCUT2D eigenvalue weighted by atomic mass is 15.3. The third-order valence-electron chi connectivity index (χ3n) is 2.90. The average molecular weight is 245 g/mol. The minimum absolute atomic E-state index is 0.373. The minimum atomic E-state index is 0.373. The summed E-state index contributed by atoms with van der Waals surface area (Å²) in [7, 11) is 0. The molecule has 0 amide bonds. The number of aromatic nitrogens is 4. The zero-order chi connectivity index (χ0) is 13.1. The largest absolute Gasteiger partial charge is 0.376 e. The van der Waals surface area contributed by atoms with E-state index in [1.165, 1.54) is 0 Å². The van der Waals surface area contributed by atoms with Crippen LogP contribution in [0.3, 0.4) is 0 Å². The summed E-state index contributed by atoms with van der Waals surface area (Å²) >= 11 is 0. The first-order valence-electron chi connectivity index (χ1n) is 6.14. The molecule has 96 valence electrons. The number of anilines is 1. The Bertz CT molecular complexity index is 516. The standard InChI is InChI=1S/C13H19N5/c1-9(2)18-11(4)13(10(3)17-18)15-7-12-5-6-14-8-16-12/h5-6,8-9,15H,7H2,1-4H3. The molecule has 18 heavy (non-hydrogen) atoms. The summed E-state index contributed by atoms with van der Waals surface area (Å²) in [5.74, 6) is 0. The molecule has 5 heteroatoms. The number of hydrogen-bond donors (Lipinski definition) is 1. The van der Waals surface area contributed by atoms with Gasteiger partial charge in [-0.25, -0.2) is 9.97 Å². The van der Waals surface area contributed by atoms with Gasteiger partial charge in [-0.15, -0.1) is 0 Å². The Labute approximate surface area is 107 Å². The van der Waals surface area contributed by atoms with Gasteiger partial charge in [0.05, 0.1) is 29.3 Å². The molecule has 0 aliphatic carbocycles. The molecule has 0 saturated carbocycles.